The fourth-order valence-corrected chi connectivity index (χ4v) is 3.32. The molecule has 6 heteroatoms. The summed E-state index contributed by atoms with van der Waals surface area (Å²) in [5.41, 5.74) is 6.86. The normalized spacial score (nSPS) is 13.2. The van der Waals surface area contributed by atoms with Gasteiger partial charge in [-0.05, 0) is 24.6 Å². The number of nitrogens with one attached hydrogen (secondary N) is 1. The van der Waals surface area contributed by atoms with Gasteiger partial charge in [0.05, 0.1) is 18.4 Å². The molecule has 0 atom stereocenters. The van der Waals surface area contributed by atoms with E-state index in [0.29, 0.717) is 11.6 Å². The van der Waals surface area contributed by atoms with E-state index >= 15 is 0 Å². The summed E-state index contributed by atoms with van der Waals surface area (Å²) >= 11 is 1.82. The van der Waals surface area contributed by atoms with Crippen LogP contribution in [0.15, 0.2) is 18.2 Å². The number of ether oxygens (including phenoxy) is 1. The van der Waals surface area contributed by atoms with E-state index in [4.69, 9.17) is 10.6 Å². The number of nitrogen functional groups attached to an aromatic ring is 1. The van der Waals surface area contributed by atoms with Crippen molar-refractivity contribution in [1.29, 1.82) is 0 Å². The molecule has 0 amide bonds. The van der Waals surface area contributed by atoms with Gasteiger partial charge in [-0.15, -0.1) is 0 Å². The van der Waals surface area contributed by atoms with Crippen molar-refractivity contribution in [1.82, 2.24) is 9.97 Å². The highest BCUT2D eigenvalue weighted by Crippen LogP contribution is 2.36. The average molecular weight is 288 g/mol. The summed E-state index contributed by atoms with van der Waals surface area (Å²) in [4.78, 5) is 9.19. The number of thioether (sulfide) groups is 1. The van der Waals surface area contributed by atoms with Crippen LogP contribution < -0.4 is 16.0 Å². The first-order valence-electron chi connectivity index (χ1n) is 6.32. The Labute approximate surface area is 121 Å². The number of hydrogen-bond acceptors (Lipinski definition) is 6. The van der Waals surface area contributed by atoms with Crippen LogP contribution in [0.1, 0.15) is 16.8 Å². The summed E-state index contributed by atoms with van der Waals surface area (Å²) in [7, 11) is 1.66. The second-order valence-electron chi connectivity index (χ2n) is 4.66. The Hall–Kier alpha value is -1.79. The zero-order valence-electron chi connectivity index (χ0n) is 11.4. The SMILES string of the molecule is COc1cc(C)ccc1-c1nc2c(c(NN)n1)CSC2. The predicted octanol–water partition coefficient (Wildman–Crippen LogP) is 2.49. The van der Waals surface area contributed by atoms with Crippen molar-refractivity contribution >= 4 is 17.6 Å². The number of fused-ring (bicyclic) bond motifs is 1. The summed E-state index contributed by atoms with van der Waals surface area (Å²) in [5, 5.41) is 0. The molecular weight excluding hydrogens is 272 g/mol. The highest BCUT2D eigenvalue weighted by Gasteiger charge is 2.21. The first-order chi connectivity index (χ1) is 9.72. The molecule has 0 saturated heterocycles. The van der Waals surface area contributed by atoms with Crippen LogP contribution in [0.4, 0.5) is 5.82 Å². The highest BCUT2D eigenvalue weighted by molar-refractivity contribution is 7.98. The first kappa shape index (κ1) is 13.2. The third-order valence-corrected chi connectivity index (χ3v) is 4.28. The van der Waals surface area contributed by atoms with Gasteiger partial charge in [-0.25, -0.2) is 15.8 Å². The maximum Gasteiger partial charge on any atom is 0.165 e. The second kappa shape index (κ2) is 5.30. The van der Waals surface area contributed by atoms with Gasteiger partial charge >= 0.3 is 0 Å². The summed E-state index contributed by atoms with van der Waals surface area (Å²) in [6, 6.07) is 5.99. The van der Waals surface area contributed by atoms with Crippen molar-refractivity contribution in [3.05, 3.63) is 35.0 Å². The third kappa shape index (κ3) is 2.21. The molecule has 0 radical (unpaired) electrons. The lowest BCUT2D eigenvalue weighted by molar-refractivity contribution is 0.416. The van der Waals surface area contributed by atoms with Crippen molar-refractivity contribution in [3.63, 3.8) is 0 Å². The van der Waals surface area contributed by atoms with Crippen molar-refractivity contribution in [3.8, 4) is 17.1 Å². The molecule has 0 aliphatic carbocycles. The number of anilines is 1. The lowest BCUT2D eigenvalue weighted by Gasteiger charge is -2.12. The first-order valence-corrected chi connectivity index (χ1v) is 7.47. The van der Waals surface area contributed by atoms with Crippen molar-refractivity contribution < 1.29 is 4.74 Å². The van der Waals surface area contributed by atoms with Gasteiger partial charge in [-0.1, -0.05) is 6.07 Å². The molecule has 2 heterocycles. The van der Waals surface area contributed by atoms with Gasteiger partial charge in [0.2, 0.25) is 0 Å². The molecule has 20 heavy (non-hydrogen) atoms. The Morgan fingerprint density at radius 2 is 2.15 bits per heavy atom. The van der Waals surface area contributed by atoms with Gasteiger partial charge in [0.15, 0.2) is 5.82 Å². The second-order valence-corrected chi connectivity index (χ2v) is 5.65. The molecule has 1 aliphatic rings. The zero-order valence-corrected chi connectivity index (χ0v) is 12.3. The molecule has 5 nitrogen and oxygen atoms in total. The summed E-state index contributed by atoms with van der Waals surface area (Å²) in [6.07, 6.45) is 0. The van der Waals surface area contributed by atoms with E-state index < -0.39 is 0 Å². The van der Waals surface area contributed by atoms with E-state index in [-0.39, 0.29) is 0 Å². The van der Waals surface area contributed by atoms with Gasteiger partial charge in [0.1, 0.15) is 11.6 Å². The number of hydrazine groups is 1. The number of nitrogens with two attached hydrogens (primary N) is 1. The standard InChI is InChI=1S/C14H16N4OS/c1-8-3-4-9(12(5-8)19-2)13-16-11-7-20-6-10(11)14(17-13)18-15/h3-5H,6-7,15H2,1-2H3,(H,16,17,18). The van der Waals surface area contributed by atoms with E-state index in [9.17, 15) is 0 Å². The largest absolute Gasteiger partial charge is 0.496 e. The molecule has 1 aliphatic heterocycles. The highest BCUT2D eigenvalue weighted by atomic mass is 32.2. The average Bonchev–Trinajstić information content (AvgIpc) is 2.94. The van der Waals surface area contributed by atoms with Crippen LogP contribution in [0, 0.1) is 6.92 Å². The van der Waals surface area contributed by atoms with E-state index in [1.54, 1.807) is 7.11 Å². The number of nitrogens with zero attached hydrogens (tertiary/aromatic N) is 2. The van der Waals surface area contributed by atoms with Crippen LogP contribution in [0.5, 0.6) is 5.75 Å². The molecule has 1 aromatic heterocycles. The molecular formula is C14H16N4OS. The number of methoxy groups -OCH3 is 1. The minimum atomic E-state index is 0.649. The summed E-state index contributed by atoms with van der Waals surface area (Å²) < 4.78 is 5.44. The Morgan fingerprint density at radius 1 is 1.30 bits per heavy atom. The fraction of sp³-hybridized carbons (Fsp3) is 0.286. The Bertz CT molecular complexity index is 660. The maximum atomic E-state index is 5.58. The van der Waals surface area contributed by atoms with Gasteiger partial charge < -0.3 is 10.2 Å². The molecule has 104 valence electrons. The Balaban J connectivity index is 2.15. The number of hydrogen-bond donors (Lipinski definition) is 2. The van der Waals surface area contributed by atoms with Gasteiger partial charge in [-0.3, -0.25) is 0 Å². The van der Waals surface area contributed by atoms with E-state index in [1.165, 1.54) is 0 Å². The van der Waals surface area contributed by atoms with Crippen LogP contribution in [0.25, 0.3) is 11.4 Å². The van der Waals surface area contributed by atoms with Crippen LogP contribution >= 0.6 is 11.8 Å². The van der Waals surface area contributed by atoms with Gasteiger partial charge in [-0.2, -0.15) is 11.8 Å². The monoisotopic (exact) mass is 288 g/mol. The van der Waals surface area contributed by atoms with Gasteiger partial charge in [0, 0.05) is 17.1 Å². The quantitative estimate of drug-likeness (QED) is 0.668. The topological polar surface area (TPSA) is 73.1 Å². The van der Waals surface area contributed by atoms with Crippen molar-refractivity contribution in [2.24, 2.45) is 5.84 Å². The maximum absolute atomic E-state index is 5.58. The number of aromatic nitrogens is 2. The number of aryl methyl sites for hydroxylation is 1. The van der Waals surface area contributed by atoms with E-state index in [0.717, 1.165) is 39.6 Å². The predicted molar refractivity (Wildman–Crippen MR) is 81.6 cm³/mol. The van der Waals surface area contributed by atoms with Crippen LogP contribution in [-0.4, -0.2) is 17.1 Å². The van der Waals surface area contributed by atoms with Crippen LogP contribution in [0.2, 0.25) is 0 Å². The number of benzene rings is 1. The van der Waals surface area contributed by atoms with Gasteiger partial charge in [0.25, 0.3) is 0 Å². The molecule has 0 fully saturated rings. The summed E-state index contributed by atoms with van der Waals surface area (Å²) in [5.74, 6) is 9.51. The fourth-order valence-electron chi connectivity index (χ4n) is 2.27. The molecule has 0 spiro atoms. The number of rotatable bonds is 3. The molecule has 1 aromatic carbocycles. The lowest BCUT2D eigenvalue weighted by atomic mass is 10.1. The third-order valence-electron chi connectivity index (χ3n) is 3.31. The minimum Gasteiger partial charge on any atom is -0.496 e. The van der Waals surface area contributed by atoms with Crippen molar-refractivity contribution in [2.45, 2.75) is 18.4 Å². The van der Waals surface area contributed by atoms with Crippen LogP contribution in [0.3, 0.4) is 0 Å². The van der Waals surface area contributed by atoms with Crippen LogP contribution in [-0.2, 0) is 11.5 Å². The smallest absolute Gasteiger partial charge is 0.165 e. The van der Waals surface area contributed by atoms with Crippen molar-refractivity contribution in [2.75, 3.05) is 12.5 Å². The van der Waals surface area contributed by atoms with E-state index in [2.05, 4.69) is 15.4 Å². The summed E-state index contributed by atoms with van der Waals surface area (Å²) in [6.45, 7) is 2.03. The molecule has 0 saturated carbocycles. The molecule has 3 N–H and O–H groups in total. The van der Waals surface area contributed by atoms with E-state index in [1.807, 2.05) is 36.9 Å². The molecule has 3 rings (SSSR count). The minimum absolute atomic E-state index is 0.649. The Morgan fingerprint density at radius 3 is 2.90 bits per heavy atom. The lowest BCUT2D eigenvalue weighted by Crippen LogP contribution is -2.13. The molecule has 0 bridgehead atoms. The molecule has 0 unspecified atom stereocenters. The zero-order chi connectivity index (χ0) is 14.1. The Kier molecular flexibility index (Phi) is 3.50. The molecule has 2 aromatic rings.